The number of ether oxygens (including phenoxy) is 2. The van der Waals surface area contributed by atoms with E-state index in [1.807, 2.05) is 13.8 Å². The molecule has 1 heterocycles. The monoisotopic (exact) mass is 388 g/mol. The van der Waals surface area contributed by atoms with E-state index in [1.54, 1.807) is 18.2 Å². The van der Waals surface area contributed by atoms with Crippen LogP contribution < -0.4 is 14.8 Å². The number of likely N-dealkylation sites (tertiary alicyclic amines) is 1. The molecular formula is C19H27F3N2O3. The summed E-state index contributed by atoms with van der Waals surface area (Å²) >= 11 is 0. The molecule has 0 saturated carbocycles. The standard InChI is InChI=1S/C19H27F3N2O3/c1-3-26-16-6-5-15(11-17(16)27-4-2)18(25)23-12-14-7-9-24(10-8-14)13-19(20,21)22/h5-6,11,14H,3-4,7-10,12-13H2,1-2H3,(H,23,25). The molecule has 1 aromatic rings. The Morgan fingerprint density at radius 3 is 2.37 bits per heavy atom. The first-order valence-corrected chi connectivity index (χ1v) is 9.29. The number of carbonyl (C=O) groups is 1. The molecule has 1 fully saturated rings. The molecule has 1 amide bonds. The van der Waals surface area contributed by atoms with Crippen molar-refractivity contribution >= 4 is 5.91 Å². The van der Waals surface area contributed by atoms with Crippen molar-refractivity contribution in [1.82, 2.24) is 10.2 Å². The predicted octanol–water partition coefficient (Wildman–Crippen LogP) is 3.49. The molecular weight excluding hydrogens is 361 g/mol. The van der Waals surface area contributed by atoms with Gasteiger partial charge in [-0.25, -0.2) is 0 Å². The first-order valence-electron chi connectivity index (χ1n) is 9.29. The Morgan fingerprint density at radius 2 is 1.78 bits per heavy atom. The lowest BCUT2D eigenvalue weighted by Crippen LogP contribution is -2.42. The van der Waals surface area contributed by atoms with Crippen LogP contribution in [0.2, 0.25) is 0 Å². The number of nitrogens with one attached hydrogen (secondary N) is 1. The molecule has 5 nitrogen and oxygen atoms in total. The van der Waals surface area contributed by atoms with E-state index in [-0.39, 0.29) is 11.8 Å². The highest BCUT2D eigenvalue weighted by molar-refractivity contribution is 5.94. The summed E-state index contributed by atoms with van der Waals surface area (Å²) in [6.07, 6.45) is -2.87. The highest BCUT2D eigenvalue weighted by Crippen LogP contribution is 2.28. The fourth-order valence-corrected chi connectivity index (χ4v) is 3.13. The van der Waals surface area contributed by atoms with E-state index in [1.165, 1.54) is 4.90 Å². The Bertz CT molecular complexity index is 615. The van der Waals surface area contributed by atoms with Gasteiger partial charge in [-0.05, 0) is 63.9 Å². The zero-order valence-corrected chi connectivity index (χ0v) is 15.8. The van der Waals surface area contributed by atoms with E-state index in [2.05, 4.69) is 5.32 Å². The minimum absolute atomic E-state index is 0.187. The van der Waals surface area contributed by atoms with Gasteiger partial charge < -0.3 is 14.8 Å². The highest BCUT2D eigenvalue weighted by Gasteiger charge is 2.32. The smallest absolute Gasteiger partial charge is 0.401 e. The summed E-state index contributed by atoms with van der Waals surface area (Å²) < 4.78 is 48.3. The molecule has 1 N–H and O–H groups in total. The maximum Gasteiger partial charge on any atom is 0.401 e. The van der Waals surface area contributed by atoms with E-state index in [4.69, 9.17) is 9.47 Å². The average molecular weight is 388 g/mol. The van der Waals surface area contributed by atoms with Crippen LogP contribution in [0, 0.1) is 5.92 Å². The molecule has 0 aliphatic carbocycles. The molecule has 1 aliphatic heterocycles. The number of benzene rings is 1. The molecule has 1 aromatic carbocycles. The number of alkyl halides is 3. The predicted molar refractivity (Wildman–Crippen MR) is 96.3 cm³/mol. The van der Waals surface area contributed by atoms with Crippen molar-refractivity contribution in [3.05, 3.63) is 23.8 Å². The third-order valence-electron chi connectivity index (χ3n) is 4.47. The average Bonchev–Trinajstić information content (AvgIpc) is 2.61. The topological polar surface area (TPSA) is 50.8 Å². The van der Waals surface area contributed by atoms with Crippen molar-refractivity contribution < 1.29 is 27.4 Å². The Labute approximate surface area is 157 Å². The van der Waals surface area contributed by atoms with Crippen LogP contribution in [0.15, 0.2) is 18.2 Å². The maximum absolute atomic E-state index is 12.4. The fourth-order valence-electron chi connectivity index (χ4n) is 3.13. The SMILES string of the molecule is CCOc1ccc(C(=O)NCC2CCN(CC(F)(F)F)CC2)cc1OCC. The zero-order valence-electron chi connectivity index (χ0n) is 15.8. The number of piperidine rings is 1. The van der Waals surface area contributed by atoms with Crippen LogP contribution in [0.3, 0.4) is 0 Å². The van der Waals surface area contributed by atoms with E-state index in [0.29, 0.717) is 62.8 Å². The second-order valence-electron chi connectivity index (χ2n) is 6.57. The second kappa shape index (κ2) is 9.82. The Morgan fingerprint density at radius 1 is 1.15 bits per heavy atom. The summed E-state index contributed by atoms with van der Waals surface area (Å²) in [5, 5.41) is 2.88. The maximum atomic E-state index is 12.4. The van der Waals surface area contributed by atoms with Crippen molar-refractivity contribution in [2.75, 3.05) is 39.4 Å². The van der Waals surface area contributed by atoms with Crippen LogP contribution in [-0.4, -0.2) is 56.4 Å². The van der Waals surface area contributed by atoms with Crippen LogP contribution in [0.4, 0.5) is 13.2 Å². The number of amides is 1. The summed E-state index contributed by atoms with van der Waals surface area (Å²) in [6, 6.07) is 5.03. The van der Waals surface area contributed by atoms with Gasteiger partial charge in [-0.1, -0.05) is 0 Å². The van der Waals surface area contributed by atoms with Gasteiger partial charge in [0.05, 0.1) is 19.8 Å². The van der Waals surface area contributed by atoms with Crippen molar-refractivity contribution in [1.29, 1.82) is 0 Å². The Balaban J connectivity index is 1.85. The molecule has 0 bridgehead atoms. The number of halogens is 3. The van der Waals surface area contributed by atoms with Gasteiger partial charge >= 0.3 is 6.18 Å². The summed E-state index contributed by atoms with van der Waals surface area (Å²) in [7, 11) is 0. The van der Waals surface area contributed by atoms with Gasteiger partial charge in [0.25, 0.3) is 5.91 Å². The van der Waals surface area contributed by atoms with Crippen LogP contribution in [0.5, 0.6) is 11.5 Å². The summed E-state index contributed by atoms with van der Waals surface area (Å²) in [5.41, 5.74) is 0.469. The zero-order chi connectivity index (χ0) is 19.9. The van der Waals surface area contributed by atoms with Gasteiger partial charge in [0.15, 0.2) is 11.5 Å². The minimum Gasteiger partial charge on any atom is -0.490 e. The normalized spacial score (nSPS) is 16.2. The van der Waals surface area contributed by atoms with Crippen molar-refractivity contribution in [3.8, 4) is 11.5 Å². The lowest BCUT2D eigenvalue weighted by atomic mass is 9.96. The van der Waals surface area contributed by atoms with Crippen molar-refractivity contribution in [2.45, 2.75) is 32.9 Å². The molecule has 0 unspecified atom stereocenters. The molecule has 8 heteroatoms. The van der Waals surface area contributed by atoms with Gasteiger partial charge in [-0.3, -0.25) is 9.69 Å². The van der Waals surface area contributed by atoms with Gasteiger partial charge in [0, 0.05) is 12.1 Å². The number of carbonyl (C=O) groups excluding carboxylic acids is 1. The van der Waals surface area contributed by atoms with Crippen molar-refractivity contribution in [2.24, 2.45) is 5.92 Å². The van der Waals surface area contributed by atoms with Crippen LogP contribution in [-0.2, 0) is 0 Å². The second-order valence-corrected chi connectivity index (χ2v) is 6.57. The molecule has 1 saturated heterocycles. The third-order valence-corrected chi connectivity index (χ3v) is 4.47. The summed E-state index contributed by atoms with van der Waals surface area (Å²) in [6.45, 7) is 5.08. The Kier molecular flexibility index (Phi) is 7.77. The van der Waals surface area contributed by atoms with Gasteiger partial charge in [0.1, 0.15) is 0 Å². The number of rotatable bonds is 8. The number of hydrogen-bond acceptors (Lipinski definition) is 4. The third kappa shape index (κ3) is 6.93. The van der Waals surface area contributed by atoms with E-state index < -0.39 is 12.7 Å². The van der Waals surface area contributed by atoms with Gasteiger partial charge in [-0.15, -0.1) is 0 Å². The minimum atomic E-state index is -4.16. The van der Waals surface area contributed by atoms with Crippen LogP contribution in [0.1, 0.15) is 37.0 Å². The molecule has 0 aromatic heterocycles. The highest BCUT2D eigenvalue weighted by atomic mass is 19.4. The molecule has 27 heavy (non-hydrogen) atoms. The Hall–Kier alpha value is -1.96. The van der Waals surface area contributed by atoms with Crippen molar-refractivity contribution in [3.63, 3.8) is 0 Å². The van der Waals surface area contributed by atoms with Crippen LogP contribution in [0.25, 0.3) is 0 Å². The van der Waals surface area contributed by atoms with E-state index in [0.717, 1.165) is 0 Å². The quantitative estimate of drug-likeness (QED) is 0.741. The molecule has 1 aliphatic rings. The number of nitrogens with zero attached hydrogens (tertiary/aromatic N) is 1. The van der Waals surface area contributed by atoms with Gasteiger partial charge in [-0.2, -0.15) is 13.2 Å². The molecule has 0 radical (unpaired) electrons. The number of hydrogen-bond donors (Lipinski definition) is 1. The largest absolute Gasteiger partial charge is 0.490 e. The van der Waals surface area contributed by atoms with E-state index in [9.17, 15) is 18.0 Å². The summed E-state index contributed by atoms with van der Waals surface area (Å²) in [4.78, 5) is 13.8. The molecule has 0 atom stereocenters. The summed E-state index contributed by atoms with van der Waals surface area (Å²) in [5.74, 6) is 1.07. The fraction of sp³-hybridized carbons (Fsp3) is 0.632. The molecule has 2 rings (SSSR count). The van der Waals surface area contributed by atoms with E-state index >= 15 is 0 Å². The molecule has 0 spiro atoms. The van der Waals surface area contributed by atoms with Gasteiger partial charge in [0.2, 0.25) is 0 Å². The molecule has 152 valence electrons. The first kappa shape index (κ1) is 21.3. The lowest BCUT2D eigenvalue weighted by Gasteiger charge is -2.32. The van der Waals surface area contributed by atoms with Crippen LogP contribution >= 0.6 is 0 Å². The lowest BCUT2D eigenvalue weighted by molar-refractivity contribution is -0.148. The first-order chi connectivity index (χ1) is 12.8.